The van der Waals surface area contributed by atoms with Crippen LogP contribution in [0.25, 0.3) is 11.2 Å². The SMILES string of the molecule is CC(C)(COP(=O)(O)OP(=O)(O)OCC1OC(C)(n2cnc3c(N)ncnc32)C(O)C1OP(=O)(O)O)C(O)C(=O)NCCC(=O)NCCSC1=CC2CC1c1c2c(O)n(O)c1O. The highest BCUT2D eigenvalue weighted by molar-refractivity contribution is 8.03. The molecule has 62 heavy (non-hydrogen) atoms. The number of nitrogen functional groups attached to an aromatic ring is 1. The summed E-state index contributed by atoms with van der Waals surface area (Å²) < 4.78 is 63.2. The second-order valence-electron chi connectivity index (χ2n) is 15.2. The van der Waals surface area contributed by atoms with Crippen molar-refractivity contribution in [2.75, 3.05) is 37.8 Å². The summed E-state index contributed by atoms with van der Waals surface area (Å²) in [5.41, 5.74) is 3.25. The summed E-state index contributed by atoms with van der Waals surface area (Å²) in [6.07, 6.45) is -2.97. The highest BCUT2D eigenvalue weighted by Crippen LogP contribution is 2.62. The molecule has 0 aromatic carbocycles. The number of thioether (sulfide) groups is 1. The second-order valence-corrected chi connectivity index (χ2v) is 20.6. The summed E-state index contributed by atoms with van der Waals surface area (Å²) in [5, 5.41) is 56.9. The molecule has 9 unspecified atom stereocenters. The number of anilines is 1. The molecule has 0 spiro atoms. The molecule has 3 aromatic heterocycles. The molecule has 1 aliphatic heterocycles. The minimum atomic E-state index is -5.61. The smallest absolute Gasteiger partial charge is 0.481 e. The fraction of sp³-hybridized carbons (Fsp3) is 0.581. The van der Waals surface area contributed by atoms with Crippen molar-refractivity contribution in [1.82, 2.24) is 34.9 Å². The molecule has 31 heteroatoms. The summed E-state index contributed by atoms with van der Waals surface area (Å²) in [6, 6.07) is 0. The molecular weight excluding hydrogens is 913 g/mol. The number of aliphatic hydroxyl groups is 2. The Bertz CT molecular complexity index is 2390. The van der Waals surface area contributed by atoms with Gasteiger partial charge < -0.3 is 66.3 Å². The normalized spacial score (nSPS) is 25.9. The summed E-state index contributed by atoms with van der Waals surface area (Å²) in [6.45, 7) is 1.72. The first kappa shape index (κ1) is 47.8. The number of amides is 2. The Morgan fingerprint density at radius 3 is 2.44 bits per heavy atom. The molecule has 0 radical (unpaired) electrons. The van der Waals surface area contributed by atoms with Crippen molar-refractivity contribution in [2.45, 2.75) is 75.6 Å². The van der Waals surface area contributed by atoms with Crippen LogP contribution in [0.4, 0.5) is 5.82 Å². The molecular formula is C31H45N8O19P3S. The van der Waals surface area contributed by atoms with Crippen LogP contribution in [0.15, 0.2) is 23.6 Å². The van der Waals surface area contributed by atoms with Crippen LogP contribution in [0.1, 0.15) is 56.6 Å². The van der Waals surface area contributed by atoms with E-state index in [1.807, 2.05) is 6.08 Å². The molecule has 2 amide bonds. The third kappa shape index (κ3) is 9.99. The molecule has 1 fully saturated rings. The largest absolute Gasteiger partial charge is 0.492 e. The van der Waals surface area contributed by atoms with Crippen LogP contribution in [-0.4, -0.2) is 138 Å². The third-order valence-electron chi connectivity index (χ3n) is 10.3. The van der Waals surface area contributed by atoms with Gasteiger partial charge in [-0.3, -0.25) is 27.7 Å². The van der Waals surface area contributed by atoms with Crippen molar-refractivity contribution in [3.8, 4) is 11.8 Å². The predicted molar refractivity (Wildman–Crippen MR) is 210 cm³/mol. The molecule has 0 saturated carbocycles. The zero-order chi connectivity index (χ0) is 45.7. The predicted octanol–water partition coefficient (Wildman–Crippen LogP) is -0.0692. The second kappa shape index (κ2) is 17.7. The number of nitrogens with one attached hydrogen (secondary N) is 2. The maximum Gasteiger partial charge on any atom is 0.481 e. The molecule has 6 rings (SSSR count). The Hall–Kier alpha value is -3.69. The van der Waals surface area contributed by atoms with Gasteiger partial charge in [-0.1, -0.05) is 19.9 Å². The Labute approximate surface area is 354 Å². The molecule has 2 bridgehead atoms. The van der Waals surface area contributed by atoms with Gasteiger partial charge in [0.15, 0.2) is 17.2 Å². The fourth-order valence-corrected chi connectivity index (χ4v) is 11.2. The number of hydrogen-bond donors (Lipinski definition) is 12. The van der Waals surface area contributed by atoms with E-state index in [1.165, 1.54) is 32.5 Å². The topological polar surface area (TPSA) is 412 Å². The lowest BCUT2D eigenvalue weighted by molar-refractivity contribution is -0.137. The standard InChI is InChI=1S/C31H45N8O19P3S/c1-30(2,24(42)27(43)34-5-4-18(40)33-6-7-62-17-9-14-8-15(17)20-19(14)28(44)39(46)29(20)45)11-55-61(52,53)58-60(50,51)54-10-16-22(57-59(47,48)49)23(41)31(3,56-16)38-13-37-21-25(32)35-12-36-26(21)38/h9,12-16,22-24,41-42,44-46H,4-8,10-11H2,1-3H3,(H,33,40)(H,34,43)(H,50,51)(H,52,53)(H2,32,35,36)(H2,47,48,49). The van der Waals surface area contributed by atoms with E-state index < -0.39 is 89.9 Å². The quantitative estimate of drug-likeness (QED) is 0.0400. The average Bonchev–Trinajstić information content (AvgIpc) is 3.98. The van der Waals surface area contributed by atoms with Crippen LogP contribution in [-0.2, 0) is 51.6 Å². The maximum absolute atomic E-state index is 12.8. The van der Waals surface area contributed by atoms with Gasteiger partial charge in [0.05, 0.1) is 19.5 Å². The maximum atomic E-state index is 12.8. The fourth-order valence-electron chi connectivity index (χ4n) is 7.25. The van der Waals surface area contributed by atoms with Crippen LogP contribution in [0, 0.1) is 5.41 Å². The first-order valence-corrected chi connectivity index (χ1v) is 23.9. The van der Waals surface area contributed by atoms with E-state index in [-0.39, 0.29) is 54.2 Å². The van der Waals surface area contributed by atoms with Crippen LogP contribution in [0.3, 0.4) is 0 Å². The number of carbonyl (C=O) groups excluding carboxylic acids is 2. The number of aromatic hydroxyl groups is 2. The van der Waals surface area contributed by atoms with E-state index in [1.54, 1.807) is 0 Å². The Morgan fingerprint density at radius 1 is 1.06 bits per heavy atom. The van der Waals surface area contributed by atoms with Crippen LogP contribution < -0.4 is 16.4 Å². The number of nitrogens with two attached hydrogens (primary N) is 1. The summed E-state index contributed by atoms with van der Waals surface area (Å²) in [4.78, 5) is 77.5. The van der Waals surface area contributed by atoms with Crippen molar-refractivity contribution in [3.05, 3.63) is 34.8 Å². The van der Waals surface area contributed by atoms with Crippen LogP contribution >= 0.6 is 35.2 Å². The number of ether oxygens (including phenoxy) is 1. The first-order chi connectivity index (χ1) is 28.8. The highest BCUT2D eigenvalue weighted by atomic mass is 32.2. The van der Waals surface area contributed by atoms with Gasteiger partial charge in [-0.15, -0.1) is 16.5 Å². The Balaban J connectivity index is 0.934. The molecule has 9 atom stereocenters. The van der Waals surface area contributed by atoms with E-state index in [0.717, 1.165) is 22.1 Å². The summed E-state index contributed by atoms with van der Waals surface area (Å²) >= 11 is 1.44. The number of fused-ring (bicyclic) bond motifs is 6. The molecule has 3 aliphatic rings. The Morgan fingerprint density at radius 2 is 1.74 bits per heavy atom. The lowest BCUT2D eigenvalue weighted by Crippen LogP contribution is -2.46. The van der Waals surface area contributed by atoms with Crippen molar-refractivity contribution in [2.24, 2.45) is 5.41 Å². The number of phosphoric acid groups is 3. The number of aromatic nitrogens is 5. The molecule has 3 aromatic rings. The highest BCUT2D eigenvalue weighted by Gasteiger charge is 2.57. The number of hydrogen-bond acceptors (Lipinski definition) is 20. The summed E-state index contributed by atoms with van der Waals surface area (Å²) in [5.74, 6) is -2.13. The van der Waals surface area contributed by atoms with E-state index in [2.05, 4.69) is 29.9 Å². The number of aliphatic hydroxyl groups excluding tert-OH is 2. The van der Waals surface area contributed by atoms with Gasteiger partial charge in [-0.2, -0.15) is 4.31 Å². The van der Waals surface area contributed by atoms with E-state index in [0.29, 0.717) is 28.0 Å². The first-order valence-electron chi connectivity index (χ1n) is 18.4. The number of phosphoric ester groups is 3. The number of nitrogens with zero attached hydrogens (tertiary/aromatic N) is 5. The average molecular weight is 959 g/mol. The monoisotopic (exact) mass is 958 g/mol. The summed E-state index contributed by atoms with van der Waals surface area (Å²) in [7, 11) is -16.5. The number of carbonyl (C=O) groups is 2. The zero-order valence-electron chi connectivity index (χ0n) is 32.8. The van der Waals surface area contributed by atoms with E-state index in [9.17, 15) is 68.5 Å². The van der Waals surface area contributed by atoms with Crippen LogP contribution in [0.2, 0.25) is 0 Å². The number of allylic oxidation sites excluding steroid dienone is 2. The van der Waals surface area contributed by atoms with Gasteiger partial charge in [0.25, 0.3) is 0 Å². The molecule has 344 valence electrons. The Kier molecular flexibility index (Phi) is 13.6. The minimum absolute atomic E-state index is 0.0130. The van der Waals surface area contributed by atoms with E-state index >= 15 is 0 Å². The molecule has 2 aliphatic carbocycles. The van der Waals surface area contributed by atoms with E-state index in [4.69, 9.17) is 24.0 Å². The van der Waals surface area contributed by atoms with Gasteiger partial charge >= 0.3 is 23.5 Å². The van der Waals surface area contributed by atoms with Gasteiger partial charge in [0.1, 0.15) is 36.3 Å². The van der Waals surface area contributed by atoms with Crippen molar-refractivity contribution >= 4 is 64.0 Å². The van der Waals surface area contributed by atoms with Crippen molar-refractivity contribution in [1.29, 1.82) is 0 Å². The minimum Gasteiger partial charge on any atom is -0.492 e. The van der Waals surface area contributed by atoms with Gasteiger partial charge in [-0.05, 0) is 18.2 Å². The zero-order valence-corrected chi connectivity index (χ0v) is 36.3. The number of rotatable bonds is 20. The number of imidazole rings is 1. The van der Waals surface area contributed by atoms with Gasteiger partial charge in [0.2, 0.25) is 23.6 Å². The molecule has 1 saturated heterocycles. The molecule has 4 heterocycles. The lowest BCUT2D eigenvalue weighted by Gasteiger charge is -2.30. The molecule has 27 nitrogen and oxygen atoms in total. The van der Waals surface area contributed by atoms with Crippen LogP contribution in [0.5, 0.6) is 11.8 Å². The van der Waals surface area contributed by atoms with Crippen molar-refractivity contribution < 1.29 is 91.1 Å². The van der Waals surface area contributed by atoms with Crippen molar-refractivity contribution in [3.63, 3.8) is 0 Å². The lowest BCUT2D eigenvalue weighted by atomic mass is 9.87. The molecule has 13 N–H and O–H groups in total. The third-order valence-corrected chi connectivity index (χ3v) is 14.6. The van der Waals surface area contributed by atoms with Gasteiger partial charge in [-0.25, -0.2) is 28.6 Å². The van der Waals surface area contributed by atoms with Gasteiger partial charge in [0, 0.05) is 53.6 Å².